The number of halogens is 1. The van der Waals surface area contributed by atoms with Crippen molar-refractivity contribution in [3.63, 3.8) is 0 Å². The maximum atomic E-state index is 13.3. The van der Waals surface area contributed by atoms with E-state index in [9.17, 15) is 9.18 Å². The fourth-order valence-corrected chi connectivity index (χ4v) is 3.51. The van der Waals surface area contributed by atoms with E-state index in [1.54, 1.807) is 31.3 Å². The molecule has 0 saturated heterocycles. The summed E-state index contributed by atoms with van der Waals surface area (Å²) in [5, 5.41) is 3.01. The number of nitrogens with one attached hydrogen (secondary N) is 1. The van der Waals surface area contributed by atoms with Crippen LogP contribution in [0.3, 0.4) is 0 Å². The molecule has 0 aliphatic heterocycles. The molecular formula is C26H29FN2O3. The van der Waals surface area contributed by atoms with Gasteiger partial charge in [0.2, 0.25) is 0 Å². The Kier molecular flexibility index (Phi) is 7.71. The van der Waals surface area contributed by atoms with Gasteiger partial charge in [-0.1, -0.05) is 35.9 Å². The van der Waals surface area contributed by atoms with Crippen LogP contribution in [0.2, 0.25) is 0 Å². The molecule has 0 fully saturated rings. The molecule has 0 heterocycles. The largest absolute Gasteiger partial charge is 0.493 e. The molecule has 1 N–H and O–H groups in total. The topological polar surface area (TPSA) is 50.8 Å². The van der Waals surface area contributed by atoms with Crippen LogP contribution >= 0.6 is 0 Å². The minimum atomic E-state index is -0.301. The normalized spacial score (nSPS) is 10.5. The molecular weight excluding hydrogens is 407 g/mol. The van der Waals surface area contributed by atoms with Gasteiger partial charge in [-0.15, -0.1) is 0 Å². The molecule has 0 saturated carbocycles. The maximum absolute atomic E-state index is 13.3. The highest BCUT2D eigenvalue weighted by Gasteiger charge is 2.16. The predicted molar refractivity (Wildman–Crippen MR) is 125 cm³/mol. The van der Waals surface area contributed by atoms with Crippen molar-refractivity contribution >= 4 is 11.7 Å². The SMILES string of the molecule is COc1ccc(CCN(Cc2ccc(F)cc2)C(=O)Nc2ccc(C)cc2C)cc1OC. The van der Waals surface area contributed by atoms with Crippen LogP contribution in [0.25, 0.3) is 0 Å². The summed E-state index contributed by atoms with van der Waals surface area (Å²) in [6.45, 7) is 4.83. The van der Waals surface area contributed by atoms with Crippen molar-refractivity contribution in [1.29, 1.82) is 0 Å². The highest BCUT2D eigenvalue weighted by molar-refractivity contribution is 5.90. The van der Waals surface area contributed by atoms with Crippen LogP contribution < -0.4 is 14.8 Å². The fraction of sp³-hybridized carbons (Fsp3) is 0.269. The van der Waals surface area contributed by atoms with E-state index in [1.807, 2.05) is 50.2 Å². The lowest BCUT2D eigenvalue weighted by Crippen LogP contribution is -2.36. The van der Waals surface area contributed by atoms with Crippen LogP contribution in [-0.2, 0) is 13.0 Å². The number of anilines is 1. The average Bonchev–Trinajstić information content (AvgIpc) is 2.79. The molecule has 6 heteroatoms. The van der Waals surface area contributed by atoms with Crippen LogP contribution in [0.15, 0.2) is 60.7 Å². The van der Waals surface area contributed by atoms with Crippen molar-refractivity contribution in [2.45, 2.75) is 26.8 Å². The fourth-order valence-electron chi connectivity index (χ4n) is 3.51. The van der Waals surface area contributed by atoms with E-state index in [4.69, 9.17) is 9.47 Å². The molecule has 5 nitrogen and oxygen atoms in total. The van der Waals surface area contributed by atoms with Crippen LogP contribution in [0.4, 0.5) is 14.9 Å². The van der Waals surface area contributed by atoms with Crippen LogP contribution in [-0.4, -0.2) is 31.7 Å². The number of nitrogens with zero attached hydrogens (tertiary/aromatic N) is 1. The van der Waals surface area contributed by atoms with E-state index in [0.717, 1.165) is 27.9 Å². The standard InChI is InChI=1S/C26H29FN2O3/c1-18-5-11-23(19(2)15-18)28-26(30)29(17-21-6-9-22(27)10-7-21)14-13-20-8-12-24(31-3)25(16-20)32-4/h5-12,15-16H,13-14,17H2,1-4H3,(H,28,30). The molecule has 0 aromatic heterocycles. The number of rotatable bonds is 8. The third kappa shape index (κ3) is 6.00. The number of urea groups is 1. The van der Waals surface area contributed by atoms with Crippen molar-refractivity contribution in [2.24, 2.45) is 0 Å². The number of aryl methyl sites for hydroxylation is 2. The molecule has 3 rings (SSSR count). The minimum absolute atomic E-state index is 0.207. The van der Waals surface area contributed by atoms with Gasteiger partial charge in [-0.3, -0.25) is 0 Å². The summed E-state index contributed by atoms with van der Waals surface area (Å²) in [6.07, 6.45) is 0.627. The quantitative estimate of drug-likeness (QED) is 0.490. The molecule has 32 heavy (non-hydrogen) atoms. The lowest BCUT2D eigenvalue weighted by molar-refractivity contribution is 0.209. The molecule has 0 aliphatic rings. The minimum Gasteiger partial charge on any atom is -0.493 e. The molecule has 0 unspecified atom stereocenters. The smallest absolute Gasteiger partial charge is 0.322 e. The molecule has 0 aliphatic carbocycles. The summed E-state index contributed by atoms with van der Waals surface area (Å²) in [7, 11) is 3.19. The Bertz CT molecular complexity index is 1070. The number of benzene rings is 3. The van der Waals surface area contributed by atoms with Crippen molar-refractivity contribution in [1.82, 2.24) is 4.90 Å². The van der Waals surface area contributed by atoms with Gasteiger partial charge < -0.3 is 19.7 Å². The summed E-state index contributed by atoms with van der Waals surface area (Å²) in [5.41, 5.74) is 4.79. The monoisotopic (exact) mass is 436 g/mol. The summed E-state index contributed by atoms with van der Waals surface area (Å²) >= 11 is 0. The van der Waals surface area contributed by atoms with Crippen molar-refractivity contribution in [2.75, 3.05) is 26.1 Å². The predicted octanol–water partition coefficient (Wildman–Crippen LogP) is 5.74. The summed E-state index contributed by atoms with van der Waals surface area (Å²) in [6, 6.07) is 17.6. The van der Waals surface area contributed by atoms with E-state index in [-0.39, 0.29) is 11.8 Å². The third-order valence-electron chi connectivity index (χ3n) is 5.32. The Labute approximate surface area is 188 Å². The van der Waals surface area contributed by atoms with Crippen molar-refractivity contribution < 1.29 is 18.7 Å². The number of amides is 2. The Hall–Kier alpha value is -3.54. The molecule has 0 bridgehead atoms. The van der Waals surface area contributed by atoms with E-state index < -0.39 is 0 Å². The van der Waals surface area contributed by atoms with E-state index in [2.05, 4.69) is 5.32 Å². The molecule has 3 aromatic rings. The molecule has 0 spiro atoms. The van der Waals surface area contributed by atoms with Gasteiger partial charge in [0.25, 0.3) is 0 Å². The van der Waals surface area contributed by atoms with Crippen LogP contribution in [0.5, 0.6) is 11.5 Å². The maximum Gasteiger partial charge on any atom is 0.322 e. The number of carbonyl (C=O) groups is 1. The van der Waals surface area contributed by atoms with Gasteiger partial charge in [0.05, 0.1) is 14.2 Å². The van der Waals surface area contributed by atoms with Gasteiger partial charge in [-0.05, 0) is 67.3 Å². The number of hydrogen-bond acceptors (Lipinski definition) is 3. The number of carbonyl (C=O) groups excluding carboxylic acids is 1. The zero-order chi connectivity index (χ0) is 23.1. The lowest BCUT2D eigenvalue weighted by Gasteiger charge is -2.24. The first kappa shape index (κ1) is 23.1. The molecule has 0 radical (unpaired) electrons. The van der Waals surface area contributed by atoms with Crippen LogP contribution in [0, 0.1) is 19.7 Å². The highest BCUT2D eigenvalue weighted by atomic mass is 19.1. The molecule has 0 atom stereocenters. The second-order valence-corrected chi connectivity index (χ2v) is 7.74. The number of methoxy groups -OCH3 is 2. The second-order valence-electron chi connectivity index (χ2n) is 7.74. The van der Waals surface area contributed by atoms with E-state index in [1.165, 1.54) is 12.1 Å². The zero-order valence-electron chi connectivity index (χ0n) is 18.9. The van der Waals surface area contributed by atoms with E-state index in [0.29, 0.717) is 31.0 Å². The average molecular weight is 437 g/mol. The second kappa shape index (κ2) is 10.7. The molecule has 168 valence electrons. The lowest BCUT2D eigenvalue weighted by atomic mass is 10.1. The summed E-state index contributed by atoms with van der Waals surface area (Å²) in [5.74, 6) is 1.01. The number of hydrogen-bond donors (Lipinski definition) is 1. The Morgan fingerprint density at radius 2 is 1.59 bits per heavy atom. The Morgan fingerprint density at radius 1 is 0.906 bits per heavy atom. The van der Waals surface area contributed by atoms with Gasteiger partial charge in [0.1, 0.15) is 5.82 Å². The summed E-state index contributed by atoms with van der Waals surface area (Å²) in [4.78, 5) is 14.9. The Balaban J connectivity index is 1.78. The summed E-state index contributed by atoms with van der Waals surface area (Å²) < 4.78 is 24.0. The van der Waals surface area contributed by atoms with Gasteiger partial charge in [-0.2, -0.15) is 0 Å². The molecule has 3 aromatic carbocycles. The van der Waals surface area contributed by atoms with Gasteiger partial charge in [0, 0.05) is 18.8 Å². The van der Waals surface area contributed by atoms with Crippen molar-refractivity contribution in [3.8, 4) is 11.5 Å². The highest BCUT2D eigenvalue weighted by Crippen LogP contribution is 2.28. The molecule has 2 amide bonds. The first-order chi connectivity index (χ1) is 15.4. The first-order valence-corrected chi connectivity index (χ1v) is 10.5. The van der Waals surface area contributed by atoms with E-state index >= 15 is 0 Å². The van der Waals surface area contributed by atoms with Gasteiger partial charge >= 0.3 is 6.03 Å². The van der Waals surface area contributed by atoms with Crippen molar-refractivity contribution in [3.05, 3.63) is 88.7 Å². The Morgan fingerprint density at radius 3 is 2.25 bits per heavy atom. The van der Waals surface area contributed by atoms with Gasteiger partial charge in [-0.25, -0.2) is 9.18 Å². The number of ether oxygens (including phenoxy) is 2. The zero-order valence-corrected chi connectivity index (χ0v) is 18.9. The first-order valence-electron chi connectivity index (χ1n) is 10.5. The van der Waals surface area contributed by atoms with Gasteiger partial charge in [0.15, 0.2) is 11.5 Å². The van der Waals surface area contributed by atoms with Crippen LogP contribution in [0.1, 0.15) is 22.3 Å². The third-order valence-corrected chi connectivity index (χ3v) is 5.32.